The van der Waals surface area contributed by atoms with Gasteiger partial charge in [0, 0.05) is 52.4 Å². The number of nitrogens with zero attached hydrogens (tertiary/aromatic N) is 4. The highest BCUT2D eigenvalue weighted by Gasteiger charge is 2.30. The molecule has 8 nitrogen and oxygen atoms in total. The van der Waals surface area contributed by atoms with Crippen LogP contribution >= 0.6 is 24.0 Å². The molecular weight excluding hydrogens is 540 g/mol. The molecular formula is C23H35FIN5O3. The van der Waals surface area contributed by atoms with Crippen LogP contribution in [0.15, 0.2) is 23.2 Å². The van der Waals surface area contributed by atoms with Crippen molar-refractivity contribution in [3.05, 3.63) is 29.6 Å². The monoisotopic (exact) mass is 575 g/mol. The highest BCUT2D eigenvalue weighted by molar-refractivity contribution is 14.0. The second-order valence-electron chi connectivity index (χ2n) is 8.37. The van der Waals surface area contributed by atoms with Crippen molar-refractivity contribution in [2.24, 2.45) is 4.99 Å². The van der Waals surface area contributed by atoms with E-state index in [0.717, 1.165) is 30.9 Å². The van der Waals surface area contributed by atoms with Crippen molar-refractivity contribution in [2.45, 2.75) is 32.4 Å². The molecule has 1 aromatic carbocycles. The minimum atomic E-state index is -0.265. The summed E-state index contributed by atoms with van der Waals surface area (Å²) in [6.45, 7) is 9.29. The zero-order valence-corrected chi connectivity index (χ0v) is 21.6. The van der Waals surface area contributed by atoms with E-state index in [1.165, 1.54) is 0 Å². The number of carbonyl (C=O) groups excluding carboxylic acids is 1. The van der Waals surface area contributed by atoms with Crippen LogP contribution in [0.4, 0.5) is 10.1 Å². The number of morpholine rings is 1. The SMILES string of the molecule is CCNC(=NCc1ccc(N2CCOCC2)c(F)c1)N1CCN(C(=O)C2CCCO2)CC1.I. The van der Waals surface area contributed by atoms with Gasteiger partial charge >= 0.3 is 0 Å². The van der Waals surface area contributed by atoms with Crippen LogP contribution in [-0.2, 0) is 20.8 Å². The lowest BCUT2D eigenvalue weighted by atomic mass is 10.1. The average molecular weight is 575 g/mol. The largest absolute Gasteiger partial charge is 0.378 e. The molecule has 4 rings (SSSR count). The van der Waals surface area contributed by atoms with Gasteiger partial charge in [0.25, 0.3) is 5.91 Å². The van der Waals surface area contributed by atoms with Gasteiger partial charge < -0.3 is 29.5 Å². The summed E-state index contributed by atoms with van der Waals surface area (Å²) < 4.78 is 25.6. The number of guanidine groups is 1. The number of benzene rings is 1. The number of piperazine rings is 1. The fourth-order valence-corrected chi connectivity index (χ4v) is 4.42. The van der Waals surface area contributed by atoms with Gasteiger partial charge in [-0.3, -0.25) is 4.79 Å². The maximum Gasteiger partial charge on any atom is 0.251 e. The van der Waals surface area contributed by atoms with E-state index in [1.807, 2.05) is 28.9 Å². The smallest absolute Gasteiger partial charge is 0.251 e. The van der Waals surface area contributed by atoms with Crippen LogP contribution in [0.5, 0.6) is 0 Å². The van der Waals surface area contributed by atoms with Crippen LogP contribution < -0.4 is 10.2 Å². The topological polar surface area (TPSA) is 69.6 Å². The Bertz CT molecular complexity index is 807. The lowest BCUT2D eigenvalue weighted by Crippen LogP contribution is -2.55. The molecule has 0 aromatic heterocycles. The van der Waals surface area contributed by atoms with E-state index >= 15 is 0 Å². The quantitative estimate of drug-likeness (QED) is 0.330. The van der Waals surface area contributed by atoms with Crippen LogP contribution in [0.3, 0.4) is 0 Å². The summed E-state index contributed by atoms with van der Waals surface area (Å²) in [5.74, 6) is 0.695. The predicted octanol–water partition coefficient (Wildman–Crippen LogP) is 2.07. The van der Waals surface area contributed by atoms with Crippen LogP contribution in [0.25, 0.3) is 0 Å². The summed E-state index contributed by atoms with van der Waals surface area (Å²) in [5.41, 5.74) is 1.46. The molecule has 184 valence electrons. The standard InChI is InChI=1S/C23H34FN5O3.HI/c1-2-25-23(29-9-7-28(8-10-29)22(30)21-4-3-13-32-21)26-17-18-5-6-20(19(24)16-18)27-11-14-31-15-12-27;/h5-6,16,21H,2-4,7-15,17H2,1H3,(H,25,26);1H. The number of ether oxygens (including phenoxy) is 2. The third-order valence-electron chi connectivity index (χ3n) is 6.21. The van der Waals surface area contributed by atoms with E-state index in [1.54, 1.807) is 6.07 Å². The van der Waals surface area contributed by atoms with Crippen molar-refractivity contribution < 1.29 is 18.7 Å². The molecule has 10 heteroatoms. The molecule has 3 heterocycles. The van der Waals surface area contributed by atoms with Crippen molar-refractivity contribution in [1.29, 1.82) is 0 Å². The molecule has 3 aliphatic rings. The van der Waals surface area contributed by atoms with Crippen molar-refractivity contribution in [3.63, 3.8) is 0 Å². The van der Waals surface area contributed by atoms with Crippen LogP contribution in [0, 0.1) is 5.82 Å². The zero-order chi connectivity index (χ0) is 22.3. The summed E-state index contributed by atoms with van der Waals surface area (Å²) >= 11 is 0. The van der Waals surface area contributed by atoms with Gasteiger partial charge in [0.05, 0.1) is 25.4 Å². The van der Waals surface area contributed by atoms with Gasteiger partial charge in [0.1, 0.15) is 11.9 Å². The molecule has 0 spiro atoms. The number of anilines is 1. The predicted molar refractivity (Wildman–Crippen MR) is 137 cm³/mol. The fourth-order valence-electron chi connectivity index (χ4n) is 4.42. The minimum Gasteiger partial charge on any atom is -0.378 e. The van der Waals surface area contributed by atoms with Crippen LogP contribution in [0.2, 0.25) is 0 Å². The molecule has 1 unspecified atom stereocenters. The highest BCUT2D eigenvalue weighted by Crippen LogP contribution is 2.22. The number of nitrogens with one attached hydrogen (secondary N) is 1. The van der Waals surface area contributed by atoms with E-state index in [4.69, 9.17) is 14.5 Å². The van der Waals surface area contributed by atoms with Gasteiger partial charge in [-0.05, 0) is 37.5 Å². The first-order valence-electron chi connectivity index (χ1n) is 11.7. The van der Waals surface area contributed by atoms with E-state index in [0.29, 0.717) is 71.3 Å². The number of rotatable bonds is 5. The molecule has 0 bridgehead atoms. The summed E-state index contributed by atoms with van der Waals surface area (Å²) in [5, 5.41) is 3.33. The van der Waals surface area contributed by atoms with Crippen molar-refractivity contribution >= 4 is 41.5 Å². The molecule has 0 aliphatic carbocycles. The molecule has 3 saturated heterocycles. The van der Waals surface area contributed by atoms with Crippen molar-refractivity contribution in [3.8, 4) is 0 Å². The van der Waals surface area contributed by atoms with Gasteiger partial charge in [-0.1, -0.05) is 6.07 Å². The summed E-state index contributed by atoms with van der Waals surface area (Å²) in [6.07, 6.45) is 1.52. The number of amides is 1. The Morgan fingerprint density at radius 2 is 1.85 bits per heavy atom. The van der Waals surface area contributed by atoms with E-state index in [9.17, 15) is 9.18 Å². The summed E-state index contributed by atoms with van der Waals surface area (Å²) in [7, 11) is 0. The number of halogens is 2. The molecule has 0 radical (unpaired) electrons. The van der Waals surface area contributed by atoms with Gasteiger partial charge in [0.2, 0.25) is 0 Å². The highest BCUT2D eigenvalue weighted by atomic mass is 127. The average Bonchev–Trinajstić information content (AvgIpc) is 3.37. The zero-order valence-electron chi connectivity index (χ0n) is 19.3. The Kier molecular flexibility index (Phi) is 9.99. The van der Waals surface area contributed by atoms with Gasteiger partial charge in [-0.15, -0.1) is 24.0 Å². The third kappa shape index (κ3) is 6.69. The lowest BCUT2D eigenvalue weighted by Gasteiger charge is -2.37. The minimum absolute atomic E-state index is 0. The maximum atomic E-state index is 14.7. The Hall–Kier alpha value is -1.66. The molecule has 1 amide bonds. The maximum absolute atomic E-state index is 14.7. The Morgan fingerprint density at radius 1 is 1.12 bits per heavy atom. The fraction of sp³-hybridized carbons (Fsp3) is 0.652. The second-order valence-corrected chi connectivity index (χ2v) is 8.37. The lowest BCUT2D eigenvalue weighted by molar-refractivity contribution is -0.142. The summed E-state index contributed by atoms with van der Waals surface area (Å²) in [6, 6.07) is 5.36. The molecule has 3 fully saturated rings. The Labute approximate surface area is 212 Å². The molecule has 0 saturated carbocycles. The van der Waals surface area contributed by atoms with Gasteiger partial charge in [-0.2, -0.15) is 0 Å². The molecule has 1 atom stereocenters. The Balaban J connectivity index is 0.00000306. The van der Waals surface area contributed by atoms with E-state index < -0.39 is 0 Å². The number of hydrogen-bond acceptors (Lipinski definition) is 5. The first-order valence-corrected chi connectivity index (χ1v) is 11.7. The van der Waals surface area contributed by atoms with E-state index in [2.05, 4.69) is 10.2 Å². The molecule has 3 aliphatic heterocycles. The van der Waals surface area contributed by atoms with Crippen molar-refractivity contribution in [2.75, 3.05) is 70.5 Å². The van der Waals surface area contributed by atoms with Crippen LogP contribution in [0.1, 0.15) is 25.3 Å². The molecule has 1 N–H and O–H groups in total. The normalized spacial score (nSPS) is 21.7. The number of hydrogen-bond donors (Lipinski definition) is 1. The van der Waals surface area contributed by atoms with E-state index in [-0.39, 0.29) is 41.8 Å². The first kappa shape index (κ1) is 26.0. The number of aliphatic imine (C=N–C) groups is 1. The first-order chi connectivity index (χ1) is 15.7. The van der Waals surface area contributed by atoms with Gasteiger partial charge in [-0.25, -0.2) is 9.38 Å². The second kappa shape index (κ2) is 12.7. The number of carbonyl (C=O) groups is 1. The Morgan fingerprint density at radius 3 is 2.48 bits per heavy atom. The van der Waals surface area contributed by atoms with Crippen LogP contribution in [-0.4, -0.2) is 93.4 Å². The molecule has 33 heavy (non-hydrogen) atoms. The summed E-state index contributed by atoms with van der Waals surface area (Å²) in [4.78, 5) is 23.4. The molecule has 1 aromatic rings. The third-order valence-corrected chi connectivity index (χ3v) is 6.21. The van der Waals surface area contributed by atoms with Crippen molar-refractivity contribution in [1.82, 2.24) is 15.1 Å². The van der Waals surface area contributed by atoms with Gasteiger partial charge in [0.15, 0.2) is 5.96 Å².